The Morgan fingerprint density at radius 3 is 2.71 bits per heavy atom. The van der Waals surface area contributed by atoms with Crippen molar-refractivity contribution in [3.05, 3.63) is 40.3 Å². The predicted octanol–water partition coefficient (Wildman–Crippen LogP) is 3.37. The number of hydrogen-bond acceptors (Lipinski definition) is 5. The Hall–Kier alpha value is -1.59. The van der Waals surface area contributed by atoms with Gasteiger partial charge in [0, 0.05) is 23.7 Å². The molecule has 5 heteroatoms. The van der Waals surface area contributed by atoms with Gasteiger partial charge >= 0.3 is 0 Å². The predicted molar refractivity (Wildman–Crippen MR) is 83.9 cm³/mol. The molecule has 1 aromatic heterocycles. The van der Waals surface area contributed by atoms with E-state index >= 15 is 0 Å². The monoisotopic (exact) mass is 304 g/mol. The van der Waals surface area contributed by atoms with Gasteiger partial charge in [0.25, 0.3) is 0 Å². The minimum absolute atomic E-state index is 0.484. The highest BCUT2D eigenvalue weighted by molar-refractivity contribution is 7.11. The molecule has 0 amide bonds. The van der Waals surface area contributed by atoms with Crippen molar-refractivity contribution in [1.82, 2.24) is 10.3 Å². The van der Waals surface area contributed by atoms with Gasteiger partial charge in [-0.2, -0.15) is 0 Å². The largest absolute Gasteiger partial charge is 0.490 e. The average molecular weight is 304 g/mol. The third-order valence-corrected chi connectivity index (χ3v) is 4.21. The lowest BCUT2D eigenvalue weighted by Gasteiger charge is -2.10. The van der Waals surface area contributed by atoms with Gasteiger partial charge in [-0.05, 0) is 31.9 Å². The van der Waals surface area contributed by atoms with E-state index in [1.165, 1.54) is 17.7 Å². The zero-order valence-electron chi connectivity index (χ0n) is 12.2. The molecule has 1 heterocycles. The molecule has 3 rings (SSSR count). The fourth-order valence-corrected chi connectivity index (χ4v) is 2.80. The lowest BCUT2D eigenvalue weighted by molar-refractivity contribution is 0.269. The fraction of sp³-hybridized carbons (Fsp3) is 0.438. The van der Waals surface area contributed by atoms with Crippen LogP contribution in [0.3, 0.4) is 0 Å². The van der Waals surface area contributed by atoms with Gasteiger partial charge in [-0.3, -0.25) is 0 Å². The number of nitrogens with zero attached hydrogens (tertiary/aromatic N) is 1. The van der Waals surface area contributed by atoms with Gasteiger partial charge in [-0.15, -0.1) is 11.3 Å². The van der Waals surface area contributed by atoms with Crippen LogP contribution in [0.15, 0.2) is 30.5 Å². The molecule has 1 fully saturated rings. The highest BCUT2D eigenvalue weighted by Crippen LogP contribution is 2.28. The molecule has 1 N–H and O–H groups in total. The highest BCUT2D eigenvalue weighted by atomic mass is 32.1. The van der Waals surface area contributed by atoms with E-state index in [0.717, 1.165) is 29.1 Å². The van der Waals surface area contributed by atoms with Crippen molar-refractivity contribution in [2.24, 2.45) is 0 Å². The minimum atomic E-state index is 0.484. The number of rotatable bonds is 8. The zero-order chi connectivity index (χ0) is 14.5. The van der Waals surface area contributed by atoms with Crippen molar-refractivity contribution in [3.63, 3.8) is 0 Å². The molecule has 0 radical (unpaired) electrons. The van der Waals surface area contributed by atoms with Gasteiger partial charge in [-0.1, -0.05) is 12.1 Å². The zero-order valence-corrected chi connectivity index (χ0v) is 13.0. The van der Waals surface area contributed by atoms with Crippen molar-refractivity contribution in [2.45, 2.75) is 39.0 Å². The molecule has 4 nitrogen and oxygen atoms in total. The first-order chi connectivity index (χ1) is 10.3. The van der Waals surface area contributed by atoms with Crippen LogP contribution < -0.4 is 14.8 Å². The normalized spacial score (nSPS) is 14.1. The summed E-state index contributed by atoms with van der Waals surface area (Å²) >= 11 is 1.70. The van der Waals surface area contributed by atoms with Gasteiger partial charge < -0.3 is 14.8 Å². The van der Waals surface area contributed by atoms with E-state index in [9.17, 15) is 0 Å². The standard InChI is InChI=1S/C16H20N2O2S/c1-2-19-14-5-3-4-6-15(14)20-11-16-18-10-13(21-16)9-17-12-7-8-12/h3-6,10,12,17H,2,7-9,11H2,1H3. The minimum Gasteiger partial charge on any atom is -0.490 e. The van der Waals surface area contributed by atoms with Crippen LogP contribution >= 0.6 is 11.3 Å². The lowest BCUT2D eigenvalue weighted by atomic mass is 10.3. The Bertz CT molecular complexity index is 581. The topological polar surface area (TPSA) is 43.4 Å². The van der Waals surface area contributed by atoms with Crippen LogP contribution in [-0.4, -0.2) is 17.6 Å². The molecule has 0 unspecified atom stereocenters. The summed E-state index contributed by atoms with van der Waals surface area (Å²) in [6.45, 7) is 4.00. The van der Waals surface area contributed by atoms with Crippen LogP contribution in [0, 0.1) is 0 Å². The summed E-state index contributed by atoms with van der Waals surface area (Å²) < 4.78 is 11.4. The second-order valence-electron chi connectivity index (χ2n) is 5.04. The van der Waals surface area contributed by atoms with E-state index in [0.29, 0.717) is 13.2 Å². The van der Waals surface area contributed by atoms with Gasteiger partial charge in [0.15, 0.2) is 11.5 Å². The van der Waals surface area contributed by atoms with Crippen LogP contribution in [0.2, 0.25) is 0 Å². The van der Waals surface area contributed by atoms with Crippen LogP contribution in [-0.2, 0) is 13.2 Å². The summed E-state index contributed by atoms with van der Waals surface area (Å²) in [6, 6.07) is 8.47. The Morgan fingerprint density at radius 2 is 2.00 bits per heavy atom. The molecule has 0 saturated heterocycles. The third kappa shape index (κ3) is 4.19. The molecular weight excluding hydrogens is 284 g/mol. The SMILES string of the molecule is CCOc1ccccc1OCc1ncc(CNC2CC2)s1. The maximum atomic E-state index is 5.83. The number of para-hydroxylation sites is 2. The van der Waals surface area contributed by atoms with Crippen LogP contribution in [0.4, 0.5) is 0 Å². The van der Waals surface area contributed by atoms with E-state index in [2.05, 4.69) is 10.3 Å². The third-order valence-electron chi connectivity index (χ3n) is 3.24. The van der Waals surface area contributed by atoms with Crippen molar-refractivity contribution in [3.8, 4) is 11.5 Å². The molecule has 2 aromatic rings. The van der Waals surface area contributed by atoms with E-state index < -0.39 is 0 Å². The molecule has 112 valence electrons. The Balaban J connectivity index is 1.54. The van der Waals surface area contributed by atoms with Crippen molar-refractivity contribution in [2.75, 3.05) is 6.61 Å². The summed E-state index contributed by atoms with van der Waals surface area (Å²) in [5.41, 5.74) is 0. The summed E-state index contributed by atoms with van der Waals surface area (Å²) in [5, 5.41) is 4.49. The maximum absolute atomic E-state index is 5.83. The first-order valence-electron chi connectivity index (χ1n) is 7.36. The van der Waals surface area contributed by atoms with Crippen LogP contribution in [0.1, 0.15) is 29.7 Å². The second-order valence-corrected chi connectivity index (χ2v) is 6.24. The number of nitrogens with one attached hydrogen (secondary N) is 1. The Kier molecular flexibility index (Phi) is 4.72. The quantitative estimate of drug-likeness (QED) is 0.812. The summed E-state index contributed by atoms with van der Waals surface area (Å²) in [4.78, 5) is 5.68. The Labute approximate surface area is 129 Å². The van der Waals surface area contributed by atoms with Gasteiger partial charge in [0.05, 0.1) is 6.61 Å². The summed E-state index contributed by atoms with van der Waals surface area (Å²) in [7, 11) is 0. The first-order valence-corrected chi connectivity index (χ1v) is 8.18. The molecule has 1 aliphatic carbocycles. The number of aromatic nitrogens is 1. The van der Waals surface area contributed by atoms with E-state index in [-0.39, 0.29) is 0 Å². The van der Waals surface area contributed by atoms with Crippen molar-refractivity contribution in [1.29, 1.82) is 0 Å². The number of thiazole rings is 1. The number of benzene rings is 1. The molecular formula is C16H20N2O2S. The molecule has 1 saturated carbocycles. The highest BCUT2D eigenvalue weighted by Gasteiger charge is 2.20. The number of hydrogen-bond donors (Lipinski definition) is 1. The Morgan fingerprint density at radius 1 is 1.24 bits per heavy atom. The smallest absolute Gasteiger partial charge is 0.161 e. The average Bonchev–Trinajstić information content (AvgIpc) is 3.23. The van der Waals surface area contributed by atoms with E-state index in [1.807, 2.05) is 37.4 Å². The van der Waals surface area contributed by atoms with E-state index in [1.54, 1.807) is 11.3 Å². The maximum Gasteiger partial charge on any atom is 0.161 e. The molecule has 0 atom stereocenters. The van der Waals surface area contributed by atoms with E-state index in [4.69, 9.17) is 9.47 Å². The number of ether oxygens (including phenoxy) is 2. The molecule has 0 spiro atoms. The molecule has 1 aromatic carbocycles. The fourth-order valence-electron chi connectivity index (χ4n) is 2.01. The van der Waals surface area contributed by atoms with Crippen molar-refractivity contribution < 1.29 is 9.47 Å². The molecule has 21 heavy (non-hydrogen) atoms. The van der Waals surface area contributed by atoms with Gasteiger partial charge in [-0.25, -0.2) is 4.98 Å². The van der Waals surface area contributed by atoms with Crippen LogP contribution in [0.25, 0.3) is 0 Å². The van der Waals surface area contributed by atoms with Gasteiger partial charge in [0.2, 0.25) is 0 Å². The molecule has 1 aliphatic rings. The van der Waals surface area contributed by atoms with Gasteiger partial charge in [0.1, 0.15) is 11.6 Å². The van der Waals surface area contributed by atoms with Crippen LogP contribution in [0.5, 0.6) is 11.5 Å². The molecule has 0 aliphatic heterocycles. The second kappa shape index (κ2) is 6.91. The summed E-state index contributed by atoms with van der Waals surface area (Å²) in [6.07, 6.45) is 4.55. The lowest BCUT2D eigenvalue weighted by Crippen LogP contribution is -2.14. The first kappa shape index (κ1) is 14.4. The van der Waals surface area contributed by atoms with Crippen molar-refractivity contribution >= 4 is 11.3 Å². The summed E-state index contributed by atoms with van der Waals surface area (Å²) in [5.74, 6) is 1.55. The molecule has 0 bridgehead atoms.